The van der Waals surface area contributed by atoms with Crippen molar-refractivity contribution < 1.29 is 23.8 Å². The lowest BCUT2D eigenvalue weighted by Gasteiger charge is -2.17. The molecule has 0 aromatic heterocycles. The first-order chi connectivity index (χ1) is 13.6. The van der Waals surface area contributed by atoms with E-state index in [0.29, 0.717) is 42.3 Å². The van der Waals surface area contributed by atoms with E-state index < -0.39 is 0 Å². The topological polar surface area (TPSA) is 77.1 Å². The highest BCUT2D eigenvalue weighted by Crippen LogP contribution is 2.38. The molecule has 0 unspecified atom stereocenters. The number of methoxy groups -OCH3 is 3. The first-order valence-corrected chi connectivity index (χ1v) is 9.05. The Kier molecular flexibility index (Phi) is 6.03. The Morgan fingerprint density at radius 1 is 1.07 bits per heavy atom. The number of carbonyl (C=O) groups is 2. The first kappa shape index (κ1) is 19.5. The zero-order valence-corrected chi connectivity index (χ0v) is 16.3. The van der Waals surface area contributed by atoms with Gasteiger partial charge in [-0.2, -0.15) is 0 Å². The molecule has 2 amide bonds. The van der Waals surface area contributed by atoms with Crippen molar-refractivity contribution in [3.63, 3.8) is 0 Å². The average molecular weight is 384 g/mol. The Balaban J connectivity index is 1.73. The molecule has 0 spiro atoms. The van der Waals surface area contributed by atoms with E-state index >= 15 is 0 Å². The van der Waals surface area contributed by atoms with Gasteiger partial charge < -0.3 is 24.4 Å². The third kappa shape index (κ3) is 4.03. The van der Waals surface area contributed by atoms with Crippen molar-refractivity contribution in [3.05, 3.63) is 47.5 Å². The SMILES string of the molecule is COc1cc(CNC(=O)c2cccc(N3CCCC3=O)c2)cc(OC)c1OC. The maximum absolute atomic E-state index is 12.6. The van der Waals surface area contributed by atoms with E-state index in [2.05, 4.69) is 5.32 Å². The zero-order valence-electron chi connectivity index (χ0n) is 16.3. The Morgan fingerprint density at radius 3 is 2.36 bits per heavy atom. The van der Waals surface area contributed by atoms with Crippen molar-refractivity contribution in [2.24, 2.45) is 0 Å². The van der Waals surface area contributed by atoms with Gasteiger partial charge in [0, 0.05) is 30.8 Å². The van der Waals surface area contributed by atoms with Crippen LogP contribution < -0.4 is 24.4 Å². The summed E-state index contributed by atoms with van der Waals surface area (Å²) in [6.07, 6.45) is 1.40. The van der Waals surface area contributed by atoms with Gasteiger partial charge in [0.05, 0.1) is 21.3 Å². The molecule has 148 valence electrons. The second kappa shape index (κ2) is 8.65. The van der Waals surface area contributed by atoms with Gasteiger partial charge >= 0.3 is 0 Å². The lowest BCUT2D eigenvalue weighted by atomic mass is 10.1. The second-order valence-electron chi connectivity index (χ2n) is 6.42. The number of nitrogens with zero attached hydrogens (tertiary/aromatic N) is 1. The standard InChI is InChI=1S/C21H24N2O5/c1-26-17-10-14(11-18(27-2)20(17)28-3)13-22-21(25)15-6-4-7-16(12-15)23-9-5-8-19(23)24/h4,6-7,10-12H,5,8-9,13H2,1-3H3,(H,22,25). The van der Waals surface area contributed by atoms with Gasteiger partial charge in [0.15, 0.2) is 11.5 Å². The molecule has 0 aliphatic carbocycles. The van der Waals surface area contributed by atoms with E-state index in [4.69, 9.17) is 14.2 Å². The summed E-state index contributed by atoms with van der Waals surface area (Å²) in [7, 11) is 4.63. The molecule has 1 N–H and O–H groups in total. The minimum absolute atomic E-state index is 0.0926. The summed E-state index contributed by atoms with van der Waals surface area (Å²) in [4.78, 5) is 26.2. The van der Waals surface area contributed by atoms with Crippen molar-refractivity contribution in [3.8, 4) is 17.2 Å². The second-order valence-corrected chi connectivity index (χ2v) is 6.42. The fraction of sp³-hybridized carbons (Fsp3) is 0.333. The number of rotatable bonds is 7. The van der Waals surface area contributed by atoms with Crippen molar-refractivity contribution in [1.82, 2.24) is 5.32 Å². The lowest BCUT2D eigenvalue weighted by Crippen LogP contribution is -2.25. The molecule has 1 aliphatic rings. The van der Waals surface area contributed by atoms with Crippen molar-refractivity contribution >= 4 is 17.5 Å². The van der Waals surface area contributed by atoms with Gasteiger partial charge in [-0.15, -0.1) is 0 Å². The number of nitrogens with one attached hydrogen (secondary N) is 1. The molecular formula is C21H24N2O5. The normalized spacial score (nSPS) is 13.4. The van der Waals surface area contributed by atoms with Crippen molar-refractivity contribution in [2.75, 3.05) is 32.8 Å². The van der Waals surface area contributed by atoms with Gasteiger partial charge in [-0.3, -0.25) is 9.59 Å². The number of ether oxygens (including phenoxy) is 3. The van der Waals surface area contributed by atoms with E-state index in [0.717, 1.165) is 17.7 Å². The zero-order chi connectivity index (χ0) is 20.1. The van der Waals surface area contributed by atoms with Gasteiger partial charge in [0.1, 0.15) is 0 Å². The van der Waals surface area contributed by atoms with Crippen molar-refractivity contribution in [1.29, 1.82) is 0 Å². The molecule has 1 heterocycles. The largest absolute Gasteiger partial charge is 0.493 e. The number of benzene rings is 2. The Labute approximate surface area is 164 Å². The summed E-state index contributed by atoms with van der Waals surface area (Å²) >= 11 is 0. The monoisotopic (exact) mass is 384 g/mol. The molecule has 1 saturated heterocycles. The van der Waals surface area contributed by atoms with E-state index in [-0.39, 0.29) is 11.8 Å². The maximum Gasteiger partial charge on any atom is 0.251 e. The highest BCUT2D eigenvalue weighted by atomic mass is 16.5. The Morgan fingerprint density at radius 2 is 1.79 bits per heavy atom. The van der Waals surface area contributed by atoms with Crippen LogP contribution in [0.2, 0.25) is 0 Å². The minimum Gasteiger partial charge on any atom is -0.493 e. The van der Waals surface area contributed by atoms with Crippen LogP contribution in [0.25, 0.3) is 0 Å². The summed E-state index contributed by atoms with van der Waals surface area (Å²) in [5.74, 6) is 1.43. The number of anilines is 1. The molecule has 1 aliphatic heterocycles. The molecule has 1 fully saturated rings. The predicted molar refractivity (Wildman–Crippen MR) is 105 cm³/mol. The molecule has 28 heavy (non-hydrogen) atoms. The van der Waals surface area contributed by atoms with Crippen LogP contribution in [0.5, 0.6) is 17.2 Å². The number of carbonyl (C=O) groups excluding carboxylic acids is 2. The van der Waals surface area contributed by atoms with Gasteiger partial charge in [0.2, 0.25) is 11.7 Å². The lowest BCUT2D eigenvalue weighted by molar-refractivity contribution is -0.117. The van der Waals surface area contributed by atoms with Gasteiger partial charge in [-0.25, -0.2) is 0 Å². The molecule has 3 rings (SSSR count). The highest BCUT2D eigenvalue weighted by molar-refractivity contribution is 5.99. The summed E-state index contributed by atoms with van der Waals surface area (Å²) in [6.45, 7) is 0.984. The number of hydrogen-bond acceptors (Lipinski definition) is 5. The van der Waals surface area contributed by atoms with Crippen LogP contribution in [0.3, 0.4) is 0 Å². The number of hydrogen-bond donors (Lipinski definition) is 1. The molecular weight excluding hydrogens is 360 g/mol. The smallest absolute Gasteiger partial charge is 0.251 e. The molecule has 0 radical (unpaired) electrons. The maximum atomic E-state index is 12.6. The third-order valence-corrected chi connectivity index (χ3v) is 4.67. The molecule has 0 atom stereocenters. The summed E-state index contributed by atoms with van der Waals surface area (Å²) < 4.78 is 16.0. The minimum atomic E-state index is -0.220. The Bertz CT molecular complexity index is 856. The summed E-state index contributed by atoms with van der Waals surface area (Å²) in [6, 6.07) is 10.7. The molecule has 0 bridgehead atoms. The van der Waals surface area contributed by atoms with E-state index in [1.54, 1.807) is 56.6 Å². The van der Waals surface area contributed by atoms with Crippen molar-refractivity contribution in [2.45, 2.75) is 19.4 Å². The summed E-state index contributed by atoms with van der Waals surface area (Å²) in [5.41, 5.74) is 2.07. The third-order valence-electron chi connectivity index (χ3n) is 4.67. The molecule has 2 aromatic carbocycles. The molecule has 7 nitrogen and oxygen atoms in total. The average Bonchev–Trinajstić information content (AvgIpc) is 3.17. The van der Waals surface area contributed by atoms with Gasteiger partial charge in [-0.1, -0.05) is 6.07 Å². The van der Waals surface area contributed by atoms with E-state index in [1.165, 1.54) is 0 Å². The quantitative estimate of drug-likeness (QED) is 0.794. The number of amides is 2. The first-order valence-electron chi connectivity index (χ1n) is 9.05. The van der Waals surface area contributed by atoms with Gasteiger partial charge in [0.25, 0.3) is 5.91 Å². The molecule has 7 heteroatoms. The predicted octanol–water partition coefficient (Wildman–Crippen LogP) is 2.77. The van der Waals surface area contributed by atoms with Crippen LogP contribution in [0.1, 0.15) is 28.8 Å². The fourth-order valence-electron chi connectivity index (χ4n) is 3.26. The van der Waals surface area contributed by atoms with E-state index in [9.17, 15) is 9.59 Å². The van der Waals surface area contributed by atoms with Crippen LogP contribution in [-0.2, 0) is 11.3 Å². The van der Waals surface area contributed by atoms with Crippen LogP contribution in [0, 0.1) is 0 Å². The molecule has 2 aromatic rings. The van der Waals surface area contributed by atoms with Crippen LogP contribution in [0.15, 0.2) is 36.4 Å². The highest BCUT2D eigenvalue weighted by Gasteiger charge is 2.22. The van der Waals surface area contributed by atoms with Crippen LogP contribution >= 0.6 is 0 Å². The van der Waals surface area contributed by atoms with Gasteiger partial charge in [-0.05, 0) is 42.3 Å². The molecule has 0 saturated carbocycles. The Hall–Kier alpha value is -3.22. The van der Waals surface area contributed by atoms with Crippen LogP contribution in [0.4, 0.5) is 5.69 Å². The van der Waals surface area contributed by atoms with E-state index in [1.807, 2.05) is 6.07 Å². The van der Waals surface area contributed by atoms with Crippen LogP contribution in [-0.4, -0.2) is 39.7 Å². The summed E-state index contributed by atoms with van der Waals surface area (Å²) in [5, 5.41) is 2.89. The fourth-order valence-corrected chi connectivity index (χ4v) is 3.26.